The molecule has 0 aromatic heterocycles. The maximum absolute atomic E-state index is 5.49. The molecule has 1 rings (SSSR count). The third-order valence-corrected chi connectivity index (χ3v) is 4.46. The van der Waals surface area contributed by atoms with Gasteiger partial charge >= 0.3 is 0 Å². The lowest BCUT2D eigenvalue weighted by Gasteiger charge is -2.30. The van der Waals surface area contributed by atoms with Crippen LogP contribution in [-0.2, 0) is 6.54 Å². The van der Waals surface area contributed by atoms with E-state index in [1.54, 1.807) is 28.4 Å². The number of hydrogen-bond donors (Lipinski definition) is 2. The molecule has 7 nitrogen and oxygen atoms in total. The van der Waals surface area contributed by atoms with E-state index < -0.39 is 0 Å². The van der Waals surface area contributed by atoms with Crippen LogP contribution in [0.25, 0.3) is 0 Å². The maximum atomic E-state index is 5.49. The Kier molecular flexibility index (Phi) is 13.0. The number of methoxy groups -OCH3 is 3. The minimum Gasteiger partial charge on any atom is -0.496 e. The highest BCUT2D eigenvalue weighted by atomic mass is 127. The molecule has 0 radical (unpaired) electrons. The second kappa shape index (κ2) is 13.7. The molecule has 1 aromatic rings. The number of ether oxygens (including phenoxy) is 3. The molecule has 0 atom stereocenters. The van der Waals surface area contributed by atoms with Gasteiger partial charge in [-0.05, 0) is 27.7 Å². The van der Waals surface area contributed by atoms with Crippen molar-refractivity contribution < 1.29 is 14.2 Å². The first-order valence-corrected chi connectivity index (χ1v) is 9.37. The molecule has 0 bridgehead atoms. The summed E-state index contributed by atoms with van der Waals surface area (Å²) in [7, 11) is 6.66. The van der Waals surface area contributed by atoms with E-state index in [1.807, 2.05) is 12.1 Å². The van der Waals surface area contributed by atoms with Gasteiger partial charge in [-0.2, -0.15) is 0 Å². The lowest BCUT2D eigenvalue weighted by Crippen LogP contribution is -2.45. The van der Waals surface area contributed by atoms with E-state index in [9.17, 15) is 0 Å². The summed E-state index contributed by atoms with van der Waals surface area (Å²) in [6, 6.07) is 4.71. The van der Waals surface area contributed by atoms with Crippen LogP contribution in [-0.4, -0.2) is 64.4 Å². The van der Waals surface area contributed by atoms with Gasteiger partial charge in [0.2, 0.25) is 0 Å². The van der Waals surface area contributed by atoms with Gasteiger partial charge in [0.05, 0.1) is 33.4 Å². The summed E-state index contributed by atoms with van der Waals surface area (Å²) in [5.41, 5.74) is 0.912. The van der Waals surface area contributed by atoms with Crippen LogP contribution in [0.15, 0.2) is 17.1 Å². The normalized spacial score (nSPS) is 11.5. The Labute approximate surface area is 187 Å². The van der Waals surface area contributed by atoms with Gasteiger partial charge in [-0.3, -0.25) is 9.89 Å². The van der Waals surface area contributed by atoms with Gasteiger partial charge < -0.3 is 24.8 Å². The Balaban J connectivity index is 0.00000729. The van der Waals surface area contributed by atoms with E-state index in [2.05, 4.69) is 48.2 Å². The van der Waals surface area contributed by atoms with Crippen molar-refractivity contribution in [2.24, 2.45) is 4.99 Å². The molecule has 0 unspecified atom stereocenters. The summed E-state index contributed by atoms with van der Waals surface area (Å²) in [6.07, 6.45) is 0. The van der Waals surface area contributed by atoms with Gasteiger partial charge in [0.1, 0.15) is 17.2 Å². The molecule has 0 saturated carbocycles. The summed E-state index contributed by atoms with van der Waals surface area (Å²) >= 11 is 0. The zero-order valence-electron chi connectivity index (χ0n) is 18.5. The Bertz CT molecular complexity index is 576. The summed E-state index contributed by atoms with van der Waals surface area (Å²) in [4.78, 5) is 6.74. The van der Waals surface area contributed by atoms with Crippen LogP contribution in [0.2, 0.25) is 0 Å². The Morgan fingerprint density at radius 3 is 1.89 bits per heavy atom. The standard InChI is InChI=1S/C20H36N4O3.HI/c1-14(2)24(15(3)4)10-9-22-20(21-5)23-13-17-18(26-7)11-16(25-6)12-19(17)27-8;/h11-12,14-15H,9-10,13H2,1-8H3,(H2,21,22,23);1H. The lowest BCUT2D eigenvalue weighted by atomic mass is 10.1. The molecule has 2 N–H and O–H groups in total. The molecular formula is C20H37IN4O3. The molecule has 8 heteroatoms. The average molecular weight is 508 g/mol. The third kappa shape index (κ3) is 7.90. The molecular weight excluding hydrogens is 471 g/mol. The molecule has 1 aromatic carbocycles. The van der Waals surface area contributed by atoms with E-state index in [0.717, 1.165) is 24.6 Å². The number of guanidine groups is 1. The molecule has 0 spiro atoms. The Morgan fingerprint density at radius 2 is 1.50 bits per heavy atom. The summed E-state index contributed by atoms with van der Waals surface area (Å²) in [5.74, 6) is 2.85. The van der Waals surface area contributed by atoms with E-state index in [0.29, 0.717) is 35.9 Å². The zero-order chi connectivity index (χ0) is 20.4. The largest absolute Gasteiger partial charge is 0.496 e. The number of halogens is 1. The van der Waals surface area contributed by atoms with Crippen LogP contribution >= 0.6 is 24.0 Å². The zero-order valence-corrected chi connectivity index (χ0v) is 20.8. The lowest BCUT2D eigenvalue weighted by molar-refractivity contribution is 0.178. The second-order valence-corrected chi connectivity index (χ2v) is 6.79. The van der Waals surface area contributed by atoms with Crippen molar-refractivity contribution in [2.45, 2.75) is 46.3 Å². The molecule has 0 aliphatic carbocycles. The molecule has 0 amide bonds. The first kappa shape index (κ1) is 26.6. The van der Waals surface area contributed by atoms with Crippen LogP contribution in [0.5, 0.6) is 17.2 Å². The smallest absolute Gasteiger partial charge is 0.191 e. The summed E-state index contributed by atoms with van der Waals surface area (Å²) in [6.45, 7) is 11.2. The van der Waals surface area contributed by atoms with Crippen molar-refractivity contribution in [3.63, 3.8) is 0 Å². The minimum atomic E-state index is 0. The van der Waals surface area contributed by atoms with Gasteiger partial charge in [0.15, 0.2) is 5.96 Å². The fourth-order valence-corrected chi connectivity index (χ4v) is 3.06. The van der Waals surface area contributed by atoms with Crippen LogP contribution in [0.3, 0.4) is 0 Å². The number of nitrogens with one attached hydrogen (secondary N) is 2. The number of rotatable bonds is 10. The van der Waals surface area contributed by atoms with Crippen molar-refractivity contribution in [1.29, 1.82) is 0 Å². The second-order valence-electron chi connectivity index (χ2n) is 6.79. The highest BCUT2D eigenvalue weighted by Gasteiger charge is 2.15. The number of aliphatic imine (C=N–C) groups is 1. The van der Waals surface area contributed by atoms with Gasteiger partial charge in [0, 0.05) is 44.4 Å². The van der Waals surface area contributed by atoms with E-state index in [4.69, 9.17) is 14.2 Å². The third-order valence-electron chi connectivity index (χ3n) is 4.46. The predicted octanol–water partition coefficient (Wildman–Crippen LogP) is 3.11. The van der Waals surface area contributed by atoms with Crippen molar-refractivity contribution >= 4 is 29.9 Å². The SMILES string of the molecule is CN=C(NCCN(C(C)C)C(C)C)NCc1c(OC)cc(OC)cc1OC.I. The van der Waals surface area contributed by atoms with E-state index >= 15 is 0 Å². The Morgan fingerprint density at radius 1 is 0.964 bits per heavy atom. The fourth-order valence-electron chi connectivity index (χ4n) is 3.06. The first-order chi connectivity index (χ1) is 12.9. The highest BCUT2D eigenvalue weighted by molar-refractivity contribution is 14.0. The fraction of sp³-hybridized carbons (Fsp3) is 0.650. The summed E-state index contributed by atoms with van der Waals surface area (Å²) < 4.78 is 16.3. The van der Waals surface area contributed by atoms with Gasteiger partial charge in [-0.15, -0.1) is 24.0 Å². The Hall–Kier alpha value is -1.42. The summed E-state index contributed by atoms with van der Waals surface area (Å²) in [5, 5.41) is 6.69. The maximum Gasteiger partial charge on any atom is 0.191 e. The average Bonchev–Trinajstić information content (AvgIpc) is 2.66. The number of nitrogens with zero attached hydrogens (tertiary/aromatic N) is 2. The molecule has 0 aliphatic rings. The molecule has 28 heavy (non-hydrogen) atoms. The van der Waals surface area contributed by atoms with E-state index in [1.165, 1.54) is 0 Å². The van der Waals surface area contributed by atoms with Crippen LogP contribution in [0.1, 0.15) is 33.3 Å². The van der Waals surface area contributed by atoms with Gasteiger partial charge in [-0.25, -0.2) is 0 Å². The molecule has 162 valence electrons. The van der Waals surface area contributed by atoms with Gasteiger partial charge in [-0.1, -0.05) is 0 Å². The molecule has 0 aliphatic heterocycles. The van der Waals surface area contributed by atoms with Gasteiger partial charge in [0.25, 0.3) is 0 Å². The van der Waals surface area contributed by atoms with Crippen LogP contribution < -0.4 is 24.8 Å². The highest BCUT2D eigenvalue weighted by Crippen LogP contribution is 2.33. The van der Waals surface area contributed by atoms with Crippen molar-refractivity contribution in [1.82, 2.24) is 15.5 Å². The van der Waals surface area contributed by atoms with Crippen molar-refractivity contribution in [3.8, 4) is 17.2 Å². The first-order valence-electron chi connectivity index (χ1n) is 9.37. The van der Waals surface area contributed by atoms with E-state index in [-0.39, 0.29) is 24.0 Å². The topological polar surface area (TPSA) is 67.4 Å². The molecule has 0 saturated heterocycles. The molecule has 0 heterocycles. The number of benzene rings is 1. The minimum absolute atomic E-state index is 0. The van der Waals surface area contributed by atoms with Crippen LogP contribution in [0, 0.1) is 0 Å². The quantitative estimate of drug-likeness (QED) is 0.288. The van der Waals surface area contributed by atoms with Crippen LogP contribution in [0.4, 0.5) is 0 Å². The molecule has 0 fully saturated rings. The van der Waals surface area contributed by atoms with Crippen molar-refractivity contribution in [2.75, 3.05) is 41.5 Å². The predicted molar refractivity (Wildman–Crippen MR) is 127 cm³/mol. The van der Waals surface area contributed by atoms with Crippen molar-refractivity contribution in [3.05, 3.63) is 17.7 Å². The number of hydrogen-bond acceptors (Lipinski definition) is 5. The monoisotopic (exact) mass is 508 g/mol.